The summed E-state index contributed by atoms with van der Waals surface area (Å²) in [6.45, 7) is 5.02. The molecule has 1 aliphatic carbocycles. The number of hydrogen-bond acceptors (Lipinski definition) is 4. The lowest BCUT2D eigenvalue weighted by Crippen LogP contribution is -2.14. The molecule has 0 amide bonds. The number of hydrogen-bond donors (Lipinski definition) is 0. The number of rotatable bonds is 5. The van der Waals surface area contributed by atoms with Gasteiger partial charge < -0.3 is 9.47 Å². The monoisotopic (exact) mass is 220 g/mol. The molecule has 0 unspecified atom stereocenters. The molecular formula is C12H12O4. The first-order valence-corrected chi connectivity index (χ1v) is 4.74. The van der Waals surface area contributed by atoms with Gasteiger partial charge in [-0.05, 0) is 19.1 Å². The zero-order valence-corrected chi connectivity index (χ0v) is 8.99. The third kappa shape index (κ3) is 3.59. The summed E-state index contributed by atoms with van der Waals surface area (Å²) in [5.41, 5.74) is 3.39. The summed E-state index contributed by atoms with van der Waals surface area (Å²) in [4.78, 5) is 22.2. The van der Waals surface area contributed by atoms with Crippen molar-refractivity contribution in [3.8, 4) is 0 Å². The van der Waals surface area contributed by atoms with Gasteiger partial charge in [0.2, 0.25) is 0 Å². The van der Waals surface area contributed by atoms with Crippen LogP contribution >= 0.6 is 0 Å². The number of ether oxygens (including phenoxy) is 2. The van der Waals surface area contributed by atoms with Crippen LogP contribution in [0.2, 0.25) is 0 Å². The third-order valence-corrected chi connectivity index (χ3v) is 1.72. The molecule has 4 nitrogen and oxygen atoms in total. The van der Waals surface area contributed by atoms with Crippen molar-refractivity contribution in [2.24, 2.45) is 0 Å². The van der Waals surface area contributed by atoms with E-state index in [0.717, 1.165) is 0 Å². The molecule has 84 valence electrons. The minimum atomic E-state index is -0.490. The summed E-state index contributed by atoms with van der Waals surface area (Å²) < 4.78 is 9.58. The van der Waals surface area contributed by atoms with Crippen LogP contribution in [0.4, 0.5) is 0 Å². The zero-order chi connectivity index (χ0) is 12.0. The quantitative estimate of drug-likeness (QED) is 0.303. The van der Waals surface area contributed by atoms with Gasteiger partial charge in [0.1, 0.15) is 18.8 Å². The number of carbonyl (C=O) groups is 2. The molecule has 16 heavy (non-hydrogen) atoms. The van der Waals surface area contributed by atoms with Crippen molar-refractivity contribution in [3.63, 3.8) is 0 Å². The molecule has 1 aliphatic rings. The second-order valence-corrected chi connectivity index (χ2v) is 3.14. The van der Waals surface area contributed by atoms with Gasteiger partial charge in [0.25, 0.3) is 0 Å². The van der Waals surface area contributed by atoms with Crippen molar-refractivity contribution in [1.29, 1.82) is 0 Å². The first-order valence-electron chi connectivity index (χ1n) is 4.74. The molecule has 4 heteroatoms. The summed E-state index contributed by atoms with van der Waals surface area (Å²) >= 11 is 0. The first-order chi connectivity index (χ1) is 7.61. The van der Waals surface area contributed by atoms with E-state index in [-0.39, 0.29) is 13.2 Å². The van der Waals surface area contributed by atoms with Crippen molar-refractivity contribution < 1.29 is 19.1 Å². The maximum absolute atomic E-state index is 11.3. The maximum Gasteiger partial charge on any atom is 0.346 e. The van der Waals surface area contributed by atoms with Gasteiger partial charge in [0.15, 0.2) is 0 Å². The Bertz CT molecular complexity index is 409. The highest BCUT2D eigenvalue weighted by Gasteiger charge is 2.09. The average molecular weight is 220 g/mol. The fraction of sp³-hybridized carbons (Fsp3) is 0.250. The molecule has 0 aromatic heterocycles. The molecule has 0 fully saturated rings. The van der Waals surface area contributed by atoms with Crippen molar-refractivity contribution in [2.45, 2.75) is 6.92 Å². The smallest absolute Gasteiger partial charge is 0.346 e. The second kappa shape index (κ2) is 5.73. The van der Waals surface area contributed by atoms with Gasteiger partial charge >= 0.3 is 11.9 Å². The molecule has 0 aromatic rings. The van der Waals surface area contributed by atoms with Crippen LogP contribution in [0.15, 0.2) is 41.7 Å². The van der Waals surface area contributed by atoms with E-state index in [1.807, 2.05) is 0 Å². The Kier molecular flexibility index (Phi) is 4.30. The molecule has 0 saturated heterocycles. The summed E-state index contributed by atoms with van der Waals surface area (Å²) in [7, 11) is 0. The van der Waals surface area contributed by atoms with Gasteiger partial charge in [-0.25, -0.2) is 9.59 Å². The summed E-state index contributed by atoms with van der Waals surface area (Å²) in [5, 5.41) is 0. The number of carbonyl (C=O) groups excluding carboxylic acids is 2. The van der Waals surface area contributed by atoms with Crippen LogP contribution in [0.25, 0.3) is 0 Å². The van der Waals surface area contributed by atoms with Gasteiger partial charge in [-0.2, -0.15) is 0 Å². The van der Waals surface area contributed by atoms with E-state index in [2.05, 4.69) is 12.3 Å². The largest absolute Gasteiger partial charge is 0.459 e. The zero-order valence-electron chi connectivity index (χ0n) is 8.99. The Hall–Kier alpha value is -2.06. The number of esters is 2. The van der Waals surface area contributed by atoms with Gasteiger partial charge in [-0.15, -0.1) is 5.73 Å². The molecule has 0 spiro atoms. The highest BCUT2D eigenvalue weighted by Crippen LogP contribution is 2.03. The highest BCUT2D eigenvalue weighted by atomic mass is 16.6. The van der Waals surface area contributed by atoms with Gasteiger partial charge in [0, 0.05) is 5.57 Å². The topological polar surface area (TPSA) is 52.6 Å². The van der Waals surface area contributed by atoms with Gasteiger partial charge in [-0.3, -0.25) is 0 Å². The van der Waals surface area contributed by atoms with Crippen molar-refractivity contribution in [1.82, 2.24) is 0 Å². The Morgan fingerprint density at radius 1 is 1.38 bits per heavy atom. The third-order valence-electron chi connectivity index (χ3n) is 1.72. The van der Waals surface area contributed by atoms with E-state index in [4.69, 9.17) is 9.47 Å². The fourth-order valence-corrected chi connectivity index (χ4v) is 0.927. The van der Waals surface area contributed by atoms with E-state index < -0.39 is 11.9 Å². The highest BCUT2D eigenvalue weighted by molar-refractivity contribution is 5.92. The van der Waals surface area contributed by atoms with Crippen molar-refractivity contribution >= 4 is 11.9 Å². The van der Waals surface area contributed by atoms with E-state index >= 15 is 0 Å². The van der Waals surface area contributed by atoms with Crippen LogP contribution in [0.5, 0.6) is 0 Å². The fourth-order valence-electron chi connectivity index (χ4n) is 0.927. The number of allylic oxidation sites excluding steroid dienone is 1. The lowest BCUT2D eigenvalue weighted by molar-refractivity contribution is -0.147. The summed E-state index contributed by atoms with van der Waals surface area (Å²) in [6, 6.07) is 0. The van der Waals surface area contributed by atoms with Crippen LogP contribution in [-0.2, 0) is 19.1 Å². The normalized spacial score (nSPS) is 12.2. The molecule has 0 heterocycles. The Morgan fingerprint density at radius 3 is 2.62 bits per heavy atom. The second-order valence-electron chi connectivity index (χ2n) is 3.14. The molecule has 1 rings (SSSR count). The van der Waals surface area contributed by atoms with Crippen molar-refractivity contribution in [2.75, 3.05) is 13.2 Å². The SMILES string of the molecule is C=C(C)C(=O)OCCOC(=O)C1=C=CC=C1. The standard InChI is InChI=1S/C12H12O4/c1-9(2)11(13)15-7-8-16-12(14)10-5-3-4-6-10/h3-5H,1,7-8H2,2H3. The molecule has 0 radical (unpaired) electrons. The van der Waals surface area contributed by atoms with E-state index in [1.165, 1.54) is 0 Å². The van der Waals surface area contributed by atoms with E-state index in [9.17, 15) is 9.59 Å². The molecule has 0 bridgehead atoms. The molecule has 0 saturated carbocycles. The summed E-state index contributed by atoms with van der Waals surface area (Å²) in [5.74, 6) is -0.965. The van der Waals surface area contributed by atoms with Crippen LogP contribution in [-0.4, -0.2) is 25.2 Å². The molecule has 0 aromatic carbocycles. The average Bonchev–Trinajstić information content (AvgIpc) is 2.76. The first kappa shape index (κ1) is 12.0. The molecule has 0 aliphatic heterocycles. The van der Waals surface area contributed by atoms with Crippen LogP contribution < -0.4 is 0 Å². The lowest BCUT2D eigenvalue weighted by Gasteiger charge is -2.05. The Balaban J connectivity index is 2.19. The van der Waals surface area contributed by atoms with Crippen LogP contribution in [0.1, 0.15) is 6.92 Å². The van der Waals surface area contributed by atoms with Gasteiger partial charge in [0.05, 0.1) is 0 Å². The predicted octanol–water partition coefficient (Wildman–Crippen LogP) is 1.30. The molecule has 0 N–H and O–H groups in total. The minimum absolute atomic E-state index is 0.0247. The maximum atomic E-state index is 11.3. The van der Waals surface area contributed by atoms with Gasteiger partial charge in [-0.1, -0.05) is 12.7 Å². The van der Waals surface area contributed by atoms with Crippen LogP contribution in [0.3, 0.4) is 0 Å². The van der Waals surface area contributed by atoms with E-state index in [0.29, 0.717) is 11.1 Å². The lowest BCUT2D eigenvalue weighted by atomic mass is 10.3. The molecular weight excluding hydrogens is 208 g/mol. The minimum Gasteiger partial charge on any atom is -0.459 e. The van der Waals surface area contributed by atoms with E-state index in [1.54, 1.807) is 25.2 Å². The Morgan fingerprint density at radius 2 is 2.06 bits per heavy atom. The predicted molar refractivity (Wildman–Crippen MR) is 57.5 cm³/mol. The summed E-state index contributed by atoms with van der Waals surface area (Å²) in [6.07, 6.45) is 4.91. The van der Waals surface area contributed by atoms with Crippen molar-refractivity contribution in [3.05, 3.63) is 41.7 Å². The van der Waals surface area contributed by atoms with Crippen LogP contribution in [0, 0.1) is 0 Å². The molecule has 0 atom stereocenters. The Labute approximate surface area is 93.5 Å².